The van der Waals surface area contributed by atoms with E-state index in [0.717, 1.165) is 25.9 Å². The average molecular weight is 285 g/mol. The third kappa shape index (κ3) is 3.61. The van der Waals surface area contributed by atoms with Crippen molar-refractivity contribution in [3.05, 3.63) is 0 Å². The highest BCUT2D eigenvalue weighted by Gasteiger charge is 2.41. The van der Waals surface area contributed by atoms with Gasteiger partial charge < -0.3 is 25.4 Å². The summed E-state index contributed by atoms with van der Waals surface area (Å²) in [6, 6.07) is -0.263. The summed E-state index contributed by atoms with van der Waals surface area (Å²) in [5.41, 5.74) is -1.19. The molecule has 2 fully saturated rings. The van der Waals surface area contributed by atoms with Crippen molar-refractivity contribution in [2.45, 2.75) is 37.3 Å². The van der Waals surface area contributed by atoms with E-state index in [1.807, 2.05) is 0 Å². The Balaban J connectivity index is 1.87. The fourth-order valence-electron chi connectivity index (χ4n) is 2.70. The van der Waals surface area contributed by atoms with Gasteiger partial charge in [0.25, 0.3) is 0 Å². The molecule has 2 heterocycles. The fraction of sp³-hybridized carbons (Fsp3) is 0.846. The molecular formula is C13H23N3O4. The molecule has 0 saturated carbocycles. The Morgan fingerprint density at radius 3 is 2.40 bits per heavy atom. The van der Waals surface area contributed by atoms with Crippen LogP contribution in [0.1, 0.15) is 25.7 Å². The van der Waals surface area contributed by atoms with Crippen LogP contribution in [-0.2, 0) is 9.53 Å². The number of carboxylic acids is 1. The van der Waals surface area contributed by atoms with Crippen LogP contribution in [-0.4, -0.2) is 66.9 Å². The predicted octanol–water partition coefficient (Wildman–Crippen LogP) is 0.0136. The van der Waals surface area contributed by atoms with Crippen molar-refractivity contribution < 1.29 is 19.4 Å². The number of likely N-dealkylation sites (tertiary alicyclic amines) is 1. The molecule has 2 aliphatic rings. The molecule has 7 heteroatoms. The van der Waals surface area contributed by atoms with Crippen molar-refractivity contribution in [3.8, 4) is 0 Å². The minimum absolute atomic E-state index is 0.122. The van der Waals surface area contributed by atoms with Gasteiger partial charge in [-0.2, -0.15) is 0 Å². The standard InChI is InChI=1S/C13H23N3O4/c1-16-6-2-10(3-7-16)14-12(19)15-13(11(17)18)4-8-20-9-5-13/h10H,2-9H2,1H3,(H,17,18)(H2,14,15,19). The second-order valence-electron chi connectivity index (χ2n) is 5.68. The Bertz CT molecular complexity index is 361. The molecule has 0 aromatic rings. The van der Waals surface area contributed by atoms with E-state index in [9.17, 15) is 14.7 Å². The summed E-state index contributed by atoms with van der Waals surface area (Å²) in [4.78, 5) is 25.7. The van der Waals surface area contributed by atoms with Crippen LogP contribution in [0, 0.1) is 0 Å². The number of nitrogens with zero attached hydrogens (tertiary/aromatic N) is 1. The topological polar surface area (TPSA) is 90.9 Å². The lowest BCUT2D eigenvalue weighted by Crippen LogP contribution is -2.61. The largest absolute Gasteiger partial charge is 0.480 e. The number of nitrogens with one attached hydrogen (secondary N) is 2. The Labute approximate surface area is 118 Å². The second kappa shape index (κ2) is 6.41. The van der Waals surface area contributed by atoms with E-state index in [0.29, 0.717) is 26.1 Å². The number of hydrogen-bond acceptors (Lipinski definition) is 4. The van der Waals surface area contributed by atoms with Crippen molar-refractivity contribution in [1.29, 1.82) is 0 Å². The average Bonchev–Trinajstić information content (AvgIpc) is 2.42. The number of hydrogen-bond donors (Lipinski definition) is 3. The maximum Gasteiger partial charge on any atom is 0.329 e. The summed E-state index contributed by atoms with van der Waals surface area (Å²) < 4.78 is 5.18. The number of carboxylic acid groups (broad SMARTS) is 1. The van der Waals surface area contributed by atoms with Gasteiger partial charge in [-0.15, -0.1) is 0 Å². The van der Waals surface area contributed by atoms with Gasteiger partial charge in [0, 0.05) is 32.1 Å². The third-order valence-corrected chi connectivity index (χ3v) is 4.16. The van der Waals surface area contributed by atoms with Crippen LogP contribution in [0.5, 0.6) is 0 Å². The minimum Gasteiger partial charge on any atom is -0.480 e. The smallest absolute Gasteiger partial charge is 0.329 e. The summed E-state index contributed by atoms with van der Waals surface area (Å²) >= 11 is 0. The summed E-state index contributed by atoms with van der Waals surface area (Å²) in [6.07, 6.45) is 2.41. The molecule has 2 rings (SSSR count). The monoisotopic (exact) mass is 285 g/mol. The molecule has 0 aromatic carbocycles. The maximum atomic E-state index is 12.0. The van der Waals surface area contributed by atoms with E-state index in [1.165, 1.54) is 0 Å². The summed E-state index contributed by atoms with van der Waals surface area (Å²) in [5, 5.41) is 14.9. The highest BCUT2D eigenvalue weighted by molar-refractivity contribution is 5.86. The maximum absolute atomic E-state index is 12.0. The number of rotatable bonds is 3. The molecule has 0 atom stereocenters. The van der Waals surface area contributed by atoms with Gasteiger partial charge in [-0.3, -0.25) is 0 Å². The number of piperidine rings is 1. The second-order valence-corrected chi connectivity index (χ2v) is 5.68. The van der Waals surface area contributed by atoms with Gasteiger partial charge in [-0.1, -0.05) is 0 Å². The van der Waals surface area contributed by atoms with Crippen LogP contribution in [0.3, 0.4) is 0 Å². The molecule has 0 bridgehead atoms. The van der Waals surface area contributed by atoms with Gasteiger partial charge in [0.2, 0.25) is 0 Å². The van der Waals surface area contributed by atoms with Gasteiger partial charge in [0.05, 0.1) is 0 Å². The quantitative estimate of drug-likeness (QED) is 0.680. The van der Waals surface area contributed by atoms with Crippen LogP contribution < -0.4 is 10.6 Å². The Morgan fingerprint density at radius 2 is 1.85 bits per heavy atom. The first-order valence-electron chi connectivity index (χ1n) is 7.10. The molecule has 3 N–H and O–H groups in total. The lowest BCUT2D eigenvalue weighted by molar-refractivity contribution is -0.148. The van der Waals surface area contributed by atoms with E-state index >= 15 is 0 Å². The molecule has 2 aliphatic heterocycles. The number of carbonyl (C=O) groups excluding carboxylic acids is 1. The molecule has 0 radical (unpaired) electrons. The van der Waals surface area contributed by atoms with E-state index in [-0.39, 0.29) is 12.1 Å². The van der Waals surface area contributed by atoms with Gasteiger partial charge in [0.1, 0.15) is 5.54 Å². The van der Waals surface area contributed by atoms with Crippen molar-refractivity contribution in [2.24, 2.45) is 0 Å². The van der Waals surface area contributed by atoms with Crippen molar-refractivity contribution >= 4 is 12.0 Å². The molecule has 0 aliphatic carbocycles. The number of ether oxygens (including phenoxy) is 1. The van der Waals surface area contributed by atoms with Gasteiger partial charge >= 0.3 is 12.0 Å². The first-order valence-corrected chi connectivity index (χ1v) is 7.10. The molecule has 2 amide bonds. The van der Waals surface area contributed by atoms with Crippen LogP contribution >= 0.6 is 0 Å². The van der Waals surface area contributed by atoms with E-state index < -0.39 is 11.5 Å². The summed E-state index contributed by atoms with van der Waals surface area (Å²) in [7, 11) is 2.05. The highest BCUT2D eigenvalue weighted by Crippen LogP contribution is 2.21. The molecule has 0 aromatic heterocycles. The molecule has 20 heavy (non-hydrogen) atoms. The zero-order chi connectivity index (χ0) is 14.6. The van der Waals surface area contributed by atoms with Crippen LogP contribution in [0.2, 0.25) is 0 Å². The van der Waals surface area contributed by atoms with Gasteiger partial charge in [0.15, 0.2) is 0 Å². The zero-order valence-electron chi connectivity index (χ0n) is 11.9. The Morgan fingerprint density at radius 1 is 1.25 bits per heavy atom. The van der Waals surface area contributed by atoms with Crippen molar-refractivity contribution in [3.63, 3.8) is 0 Å². The Kier molecular flexibility index (Phi) is 4.82. The van der Waals surface area contributed by atoms with Crippen molar-refractivity contribution in [2.75, 3.05) is 33.4 Å². The molecule has 114 valence electrons. The van der Waals surface area contributed by atoms with Crippen LogP contribution in [0.15, 0.2) is 0 Å². The minimum atomic E-state index is -1.19. The van der Waals surface area contributed by atoms with Crippen LogP contribution in [0.4, 0.5) is 4.79 Å². The number of aliphatic carboxylic acids is 1. The lowest BCUT2D eigenvalue weighted by atomic mass is 9.90. The zero-order valence-corrected chi connectivity index (χ0v) is 11.9. The molecule has 0 spiro atoms. The Hall–Kier alpha value is -1.34. The fourth-order valence-corrected chi connectivity index (χ4v) is 2.70. The predicted molar refractivity (Wildman–Crippen MR) is 72.6 cm³/mol. The van der Waals surface area contributed by atoms with E-state index in [2.05, 4.69) is 22.6 Å². The van der Waals surface area contributed by atoms with E-state index in [4.69, 9.17) is 4.74 Å². The van der Waals surface area contributed by atoms with Crippen LogP contribution in [0.25, 0.3) is 0 Å². The van der Waals surface area contributed by atoms with Gasteiger partial charge in [-0.25, -0.2) is 9.59 Å². The number of carbonyl (C=O) groups is 2. The summed E-state index contributed by atoms with van der Waals surface area (Å²) in [6.45, 7) is 2.62. The highest BCUT2D eigenvalue weighted by atomic mass is 16.5. The molecular weight excluding hydrogens is 262 g/mol. The van der Waals surface area contributed by atoms with E-state index in [1.54, 1.807) is 0 Å². The SMILES string of the molecule is CN1CCC(NC(=O)NC2(C(=O)O)CCOCC2)CC1. The summed E-state index contributed by atoms with van der Waals surface area (Å²) in [5.74, 6) is -0.987. The van der Waals surface area contributed by atoms with Crippen molar-refractivity contribution in [1.82, 2.24) is 15.5 Å². The number of amides is 2. The molecule has 7 nitrogen and oxygen atoms in total. The molecule has 2 saturated heterocycles. The first kappa shape index (κ1) is 15.1. The normalized spacial score (nSPS) is 24.1. The van der Waals surface area contributed by atoms with Gasteiger partial charge in [-0.05, 0) is 33.0 Å². The first-order chi connectivity index (χ1) is 9.52. The lowest BCUT2D eigenvalue weighted by Gasteiger charge is -2.35. The number of urea groups is 1. The molecule has 0 unspecified atom stereocenters. The third-order valence-electron chi connectivity index (χ3n) is 4.16.